The quantitative estimate of drug-likeness (QED) is 0.770. The van der Waals surface area contributed by atoms with Crippen LogP contribution in [0.4, 0.5) is 11.6 Å². The second-order valence-corrected chi connectivity index (χ2v) is 5.27. The Kier molecular flexibility index (Phi) is 4.93. The van der Waals surface area contributed by atoms with Crippen LogP contribution in [0.5, 0.6) is 0 Å². The maximum atomic E-state index is 9.18. The third kappa shape index (κ3) is 4.04. The molecule has 1 aromatic heterocycles. The minimum absolute atomic E-state index is 0.259. The fourth-order valence-corrected chi connectivity index (χ4v) is 2.21. The summed E-state index contributed by atoms with van der Waals surface area (Å²) in [6, 6.07) is 1.98. The number of likely N-dealkylation sites (N-methyl/N-ethyl adjacent to an activating group) is 1. The Bertz CT molecular complexity index is 398. The SMILES string of the molecule is CN(C)CCNc1cc(N2CCC(CO)C2)ncn1. The second kappa shape index (κ2) is 6.68. The molecule has 19 heavy (non-hydrogen) atoms. The van der Waals surface area contributed by atoms with Crippen LogP contribution >= 0.6 is 0 Å². The lowest BCUT2D eigenvalue weighted by Crippen LogP contribution is -2.23. The van der Waals surface area contributed by atoms with Crippen LogP contribution < -0.4 is 10.2 Å². The molecule has 1 aromatic rings. The molecule has 0 radical (unpaired) electrons. The fourth-order valence-electron chi connectivity index (χ4n) is 2.21. The first-order valence-corrected chi connectivity index (χ1v) is 6.75. The minimum atomic E-state index is 0.259. The van der Waals surface area contributed by atoms with Crippen molar-refractivity contribution in [3.63, 3.8) is 0 Å². The Balaban J connectivity index is 1.92. The van der Waals surface area contributed by atoms with E-state index >= 15 is 0 Å². The van der Waals surface area contributed by atoms with Gasteiger partial charge in [-0.05, 0) is 20.5 Å². The zero-order valence-electron chi connectivity index (χ0n) is 11.7. The van der Waals surface area contributed by atoms with Gasteiger partial charge in [-0.2, -0.15) is 0 Å². The van der Waals surface area contributed by atoms with Crippen molar-refractivity contribution in [1.82, 2.24) is 14.9 Å². The molecular formula is C13H23N5O. The van der Waals surface area contributed by atoms with Crippen molar-refractivity contribution in [2.75, 3.05) is 57.1 Å². The van der Waals surface area contributed by atoms with Gasteiger partial charge in [0.05, 0.1) is 0 Å². The Morgan fingerprint density at radius 3 is 3.00 bits per heavy atom. The molecule has 1 aliphatic rings. The van der Waals surface area contributed by atoms with E-state index in [9.17, 15) is 5.11 Å². The van der Waals surface area contributed by atoms with E-state index < -0.39 is 0 Å². The summed E-state index contributed by atoms with van der Waals surface area (Å²) >= 11 is 0. The van der Waals surface area contributed by atoms with Gasteiger partial charge in [-0.3, -0.25) is 0 Å². The molecule has 2 rings (SSSR count). The third-order valence-electron chi connectivity index (χ3n) is 3.39. The van der Waals surface area contributed by atoms with Gasteiger partial charge in [-0.15, -0.1) is 0 Å². The molecular weight excluding hydrogens is 242 g/mol. The lowest BCUT2D eigenvalue weighted by Gasteiger charge is -2.18. The highest BCUT2D eigenvalue weighted by Crippen LogP contribution is 2.22. The highest BCUT2D eigenvalue weighted by molar-refractivity contribution is 5.49. The molecule has 2 heterocycles. The van der Waals surface area contributed by atoms with Crippen LogP contribution in [0.1, 0.15) is 6.42 Å². The van der Waals surface area contributed by atoms with E-state index in [0.717, 1.165) is 44.2 Å². The zero-order chi connectivity index (χ0) is 13.7. The highest BCUT2D eigenvalue weighted by atomic mass is 16.3. The van der Waals surface area contributed by atoms with Gasteiger partial charge in [0.15, 0.2) is 0 Å². The number of nitrogens with one attached hydrogen (secondary N) is 1. The van der Waals surface area contributed by atoms with Crippen LogP contribution in [-0.2, 0) is 0 Å². The fraction of sp³-hybridized carbons (Fsp3) is 0.692. The van der Waals surface area contributed by atoms with Crippen LogP contribution in [0.15, 0.2) is 12.4 Å². The van der Waals surface area contributed by atoms with E-state index in [0.29, 0.717) is 5.92 Å². The molecule has 1 unspecified atom stereocenters. The third-order valence-corrected chi connectivity index (χ3v) is 3.39. The Labute approximate surface area is 114 Å². The topological polar surface area (TPSA) is 64.5 Å². The van der Waals surface area contributed by atoms with Crippen molar-refractivity contribution in [3.05, 3.63) is 12.4 Å². The molecule has 0 spiro atoms. The smallest absolute Gasteiger partial charge is 0.134 e. The number of anilines is 2. The Morgan fingerprint density at radius 2 is 2.32 bits per heavy atom. The maximum absolute atomic E-state index is 9.18. The van der Waals surface area contributed by atoms with E-state index in [1.54, 1.807) is 6.33 Å². The van der Waals surface area contributed by atoms with Crippen molar-refractivity contribution >= 4 is 11.6 Å². The second-order valence-electron chi connectivity index (χ2n) is 5.27. The van der Waals surface area contributed by atoms with Crippen molar-refractivity contribution in [2.24, 2.45) is 5.92 Å². The van der Waals surface area contributed by atoms with Crippen LogP contribution in [0.2, 0.25) is 0 Å². The molecule has 0 aliphatic carbocycles. The summed E-state index contributed by atoms with van der Waals surface area (Å²) in [4.78, 5) is 12.9. The van der Waals surface area contributed by atoms with E-state index in [4.69, 9.17) is 0 Å². The highest BCUT2D eigenvalue weighted by Gasteiger charge is 2.22. The molecule has 6 heteroatoms. The molecule has 0 aromatic carbocycles. The lowest BCUT2D eigenvalue weighted by molar-refractivity contribution is 0.238. The van der Waals surface area contributed by atoms with Crippen LogP contribution in [-0.4, -0.2) is 66.9 Å². The summed E-state index contributed by atoms with van der Waals surface area (Å²) < 4.78 is 0. The van der Waals surface area contributed by atoms with Gasteiger partial charge < -0.3 is 20.2 Å². The van der Waals surface area contributed by atoms with Gasteiger partial charge in [0.25, 0.3) is 0 Å². The molecule has 0 saturated carbocycles. The van der Waals surface area contributed by atoms with Crippen LogP contribution in [0, 0.1) is 5.92 Å². The number of hydrogen-bond donors (Lipinski definition) is 2. The monoisotopic (exact) mass is 265 g/mol. The van der Waals surface area contributed by atoms with E-state index in [2.05, 4.69) is 25.1 Å². The molecule has 0 amide bonds. The van der Waals surface area contributed by atoms with E-state index in [-0.39, 0.29) is 6.61 Å². The standard InChI is InChI=1S/C13H23N5O/c1-17(2)6-4-14-12-7-13(16-10-15-12)18-5-3-11(8-18)9-19/h7,10-11,19H,3-6,8-9H2,1-2H3,(H,14,15,16). The first-order chi connectivity index (χ1) is 9.19. The lowest BCUT2D eigenvalue weighted by atomic mass is 10.1. The summed E-state index contributed by atoms with van der Waals surface area (Å²) in [5.74, 6) is 2.18. The van der Waals surface area contributed by atoms with Gasteiger partial charge in [-0.25, -0.2) is 9.97 Å². The predicted octanol–water partition coefficient (Wildman–Crippen LogP) is 0.269. The normalized spacial score (nSPS) is 19.2. The van der Waals surface area contributed by atoms with E-state index in [1.165, 1.54) is 0 Å². The average Bonchev–Trinajstić information content (AvgIpc) is 2.87. The average molecular weight is 265 g/mol. The number of aliphatic hydroxyl groups excluding tert-OH is 1. The van der Waals surface area contributed by atoms with Gasteiger partial charge in [0.1, 0.15) is 18.0 Å². The number of aromatic nitrogens is 2. The number of rotatable bonds is 6. The summed E-state index contributed by atoms with van der Waals surface area (Å²) in [5, 5.41) is 12.5. The Hall–Kier alpha value is -1.40. The first-order valence-electron chi connectivity index (χ1n) is 6.75. The van der Waals surface area contributed by atoms with Crippen molar-refractivity contribution < 1.29 is 5.11 Å². The largest absolute Gasteiger partial charge is 0.396 e. The Morgan fingerprint density at radius 1 is 1.47 bits per heavy atom. The molecule has 2 N–H and O–H groups in total. The maximum Gasteiger partial charge on any atom is 0.134 e. The number of aliphatic hydroxyl groups is 1. The molecule has 1 atom stereocenters. The van der Waals surface area contributed by atoms with Crippen LogP contribution in [0.3, 0.4) is 0 Å². The van der Waals surface area contributed by atoms with Crippen LogP contribution in [0.25, 0.3) is 0 Å². The predicted molar refractivity (Wildman–Crippen MR) is 76.5 cm³/mol. The molecule has 1 fully saturated rings. The van der Waals surface area contributed by atoms with Gasteiger partial charge in [0, 0.05) is 44.8 Å². The summed E-state index contributed by atoms with van der Waals surface area (Å²) in [5.41, 5.74) is 0. The number of hydrogen-bond acceptors (Lipinski definition) is 6. The van der Waals surface area contributed by atoms with E-state index in [1.807, 2.05) is 20.2 Å². The van der Waals surface area contributed by atoms with Crippen molar-refractivity contribution in [2.45, 2.75) is 6.42 Å². The molecule has 6 nitrogen and oxygen atoms in total. The summed E-state index contributed by atoms with van der Waals surface area (Å²) in [6.45, 7) is 3.93. The van der Waals surface area contributed by atoms with Crippen molar-refractivity contribution in [3.8, 4) is 0 Å². The zero-order valence-corrected chi connectivity index (χ0v) is 11.7. The summed E-state index contributed by atoms with van der Waals surface area (Å²) in [6.07, 6.45) is 2.63. The molecule has 106 valence electrons. The first kappa shape index (κ1) is 14.0. The molecule has 1 aliphatic heterocycles. The van der Waals surface area contributed by atoms with Gasteiger partial charge >= 0.3 is 0 Å². The minimum Gasteiger partial charge on any atom is -0.396 e. The number of nitrogens with zero attached hydrogens (tertiary/aromatic N) is 4. The van der Waals surface area contributed by atoms with Crippen molar-refractivity contribution in [1.29, 1.82) is 0 Å². The summed E-state index contributed by atoms with van der Waals surface area (Å²) in [7, 11) is 4.10. The van der Waals surface area contributed by atoms with Gasteiger partial charge in [0.2, 0.25) is 0 Å². The van der Waals surface area contributed by atoms with Gasteiger partial charge in [-0.1, -0.05) is 0 Å². The molecule has 1 saturated heterocycles. The molecule has 0 bridgehead atoms.